The van der Waals surface area contributed by atoms with Gasteiger partial charge in [-0.3, -0.25) is 9.59 Å². The smallest absolute Gasteiger partial charge is 0.277 e. The Balaban J connectivity index is 1.70. The van der Waals surface area contributed by atoms with Crippen LogP contribution in [0.25, 0.3) is 16.6 Å². The molecule has 0 atom stereocenters. The molecule has 0 aliphatic rings. The summed E-state index contributed by atoms with van der Waals surface area (Å²) < 4.78 is 16.2. The van der Waals surface area contributed by atoms with Gasteiger partial charge in [-0.2, -0.15) is 5.10 Å². The van der Waals surface area contributed by atoms with Gasteiger partial charge >= 0.3 is 0 Å². The van der Waals surface area contributed by atoms with E-state index in [9.17, 15) is 14.0 Å². The van der Waals surface area contributed by atoms with Gasteiger partial charge in [0.25, 0.3) is 11.5 Å². The van der Waals surface area contributed by atoms with Gasteiger partial charge in [0, 0.05) is 18.7 Å². The van der Waals surface area contributed by atoms with Crippen molar-refractivity contribution in [3.05, 3.63) is 82.0 Å². The van der Waals surface area contributed by atoms with Gasteiger partial charge in [0.2, 0.25) is 0 Å². The number of halogens is 1. The Labute approximate surface area is 153 Å². The maximum absolute atomic E-state index is 13.0. The predicted octanol–water partition coefficient (Wildman–Crippen LogP) is 2.74. The molecule has 6 nitrogen and oxygen atoms in total. The molecule has 136 valence electrons. The zero-order chi connectivity index (χ0) is 19.0. The largest absolute Gasteiger partial charge is 0.348 e. The quantitative estimate of drug-likeness (QED) is 0.605. The fourth-order valence-corrected chi connectivity index (χ4v) is 3.17. The van der Waals surface area contributed by atoms with Gasteiger partial charge in [-0.15, -0.1) is 0 Å². The van der Waals surface area contributed by atoms with Crippen LogP contribution >= 0.6 is 0 Å². The third kappa shape index (κ3) is 2.97. The number of amides is 1. The minimum absolute atomic E-state index is 0.147. The highest BCUT2D eigenvalue weighted by Gasteiger charge is 2.13. The number of carbonyl (C=O) groups excluding carboxylic acids is 1. The molecule has 0 saturated heterocycles. The number of carbonyl (C=O) groups is 1. The molecule has 0 spiro atoms. The van der Waals surface area contributed by atoms with E-state index in [4.69, 9.17) is 0 Å². The highest BCUT2D eigenvalue weighted by Crippen LogP contribution is 2.16. The molecule has 0 aliphatic carbocycles. The van der Waals surface area contributed by atoms with Crippen LogP contribution in [-0.4, -0.2) is 20.1 Å². The van der Waals surface area contributed by atoms with Crippen molar-refractivity contribution in [3.8, 4) is 0 Å². The van der Waals surface area contributed by atoms with Crippen molar-refractivity contribution in [2.24, 2.45) is 0 Å². The average Bonchev–Trinajstić information content (AvgIpc) is 3.18. The lowest BCUT2D eigenvalue weighted by Gasteiger charge is -2.12. The summed E-state index contributed by atoms with van der Waals surface area (Å²) in [6.07, 6.45) is 1.58. The number of nitrogens with one attached hydrogen (secondary N) is 1. The number of aromatic nitrogens is 3. The first kappa shape index (κ1) is 17.0. The second-order valence-corrected chi connectivity index (χ2v) is 6.19. The van der Waals surface area contributed by atoms with E-state index in [-0.39, 0.29) is 23.8 Å². The molecular weight excluding hydrogens is 347 g/mol. The summed E-state index contributed by atoms with van der Waals surface area (Å²) in [5, 5.41) is 7.03. The van der Waals surface area contributed by atoms with Gasteiger partial charge in [0.15, 0.2) is 0 Å². The van der Waals surface area contributed by atoms with E-state index in [1.807, 2.05) is 6.92 Å². The van der Waals surface area contributed by atoms with Crippen molar-refractivity contribution in [1.29, 1.82) is 0 Å². The molecule has 7 heteroatoms. The van der Waals surface area contributed by atoms with Gasteiger partial charge < -0.3 is 9.88 Å². The number of nitrogens with zero attached hydrogens (tertiary/aromatic N) is 3. The van der Waals surface area contributed by atoms with Crippen LogP contribution in [0.5, 0.6) is 0 Å². The van der Waals surface area contributed by atoms with Crippen LogP contribution < -0.4 is 10.9 Å². The van der Waals surface area contributed by atoms with E-state index in [2.05, 4.69) is 10.4 Å². The van der Waals surface area contributed by atoms with Gasteiger partial charge in [-0.1, -0.05) is 12.1 Å². The second kappa shape index (κ2) is 6.68. The summed E-state index contributed by atoms with van der Waals surface area (Å²) in [6, 6.07) is 12.8. The minimum Gasteiger partial charge on any atom is -0.348 e. The summed E-state index contributed by atoms with van der Waals surface area (Å²) in [5.41, 5.74) is 3.00. The monoisotopic (exact) mass is 364 g/mol. The number of aryl methyl sites for hydroxylation is 1. The van der Waals surface area contributed by atoms with E-state index in [1.165, 1.54) is 12.1 Å². The van der Waals surface area contributed by atoms with Gasteiger partial charge in [-0.05, 0) is 48.9 Å². The molecule has 2 aromatic carbocycles. The van der Waals surface area contributed by atoms with Crippen LogP contribution in [0.3, 0.4) is 0 Å². The fourth-order valence-electron chi connectivity index (χ4n) is 3.17. The number of hydrogen-bond acceptors (Lipinski definition) is 3. The molecule has 0 radical (unpaired) electrons. The van der Waals surface area contributed by atoms with Crippen LogP contribution in [0.4, 0.5) is 4.39 Å². The molecule has 1 N–H and O–H groups in total. The van der Waals surface area contributed by atoms with Crippen molar-refractivity contribution in [3.63, 3.8) is 0 Å². The summed E-state index contributed by atoms with van der Waals surface area (Å²) in [7, 11) is 0. The Hall–Kier alpha value is -3.48. The molecular formula is C20H17FN4O2. The normalized spacial score (nSPS) is 11.2. The zero-order valence-corrected chi connectivity index (χ0v) is 14.6. The first-order valence-electron chi connectivity index (χ1n) is 8.61. The first-order valence-corrected chi connectivity index (χ1v) is 8.61. The van der Waals surface area contributed by atoms with Gasteiger partial charge in [0.1, 0.15) is 11.3 Å². The predicted molar refractivity (Wildman–Crippen MR) is 100 cm³/mol. The maximum atomic E-state index is 13.0. The molecule has 2 aromatic heterocycles. The Morgan fingerprint density at radius 1 is 1.07 bits per heavy atom. The SMILES string of the molecule is CCn1c(=O)c2ccnn2c2ccc(C(=O)NCc3ccc(F)cc3)cc21. The molecule has 1 amide bonds. The lowest BCUT2D eigenvalue weighted by molar-refractivity contribution is 0.0951. The summed E-state index contributed by atoms with van der Waals surface area (Å²) in [4.78, 5) is 25.2. The second-order valence-electron chi connectivity index (χ2n) is 6.19. The van der Waals surface area contributed by atoms with Crippen LogP contribution in [0.2, 0.25) is 0 Å². The van der Waals surface area contributed by atoms with E-state index < -0.39 is 0 Å². The van der Waals surface area contributed by atoms with Crippen molar-refractivity contribution in [2.45, 2.75) is 20.0 Å². The molecule has 2 heterocycles. The van der Waals surface area contributed by atoms with E-state index in [1.54, 1.807) is 51.7 Å². The number of rotatable bonds is 4. The van der Waals surface area contributed by atoms with Crippen molar-refractivity contribution in [2.75, 3.05) is 0 Å². The highest BCUT2D eigenvalue weighted by atomic mass is 19.1. The van der Waals surface area contributed by atoms with Crippen LogP contribution in [0.15, 0.2) is 59.5 Å². The van der Waals surface area contributed by atoms with Crippen molar-refractivity contribution >= 4 is 22.5 Å². The third-order valence-corrected chi connectivity index (χ3v) is 4.55. The lowest BCUT2D eigenvalue weighted by atomic mass is 10.1. The van der Waals surface area contributed by atoms with Crippen molar-refractivity contribution < 1.29 is 9.18 Å². The number of fused-ring (bicyclic) bond motifs is 3. The molecule has 4 aromatic rings. The van der Waals surface area contributed by atoms with Gasteiger partial charge in [0.05, 0.1) is 17.2 Å². The first-order chi connectivity index (χ1) is 13.1. The average molecular weight is 364 g/mol. The van der Waals surface area contributed by atoms with E-state index >= 15 is 0 Å². The molecule has 0 saturated carbocycles. The number of benzene rings is 2. The van der Waals surface area contributed by atoms with Crippen molar-refractivity contribution in [1.82, 2.24) is 19.5 Å². The minimum atomic E-state index is -0.318. The van der Waals surface area contributed by atoms with Crippen LogP contribution in [-0.2, 0) is 13.1 Å². The Bertz CT molecular complexity index is 1210. The van der Waals surface area contributed by atoms with Crippen LogP contribution in [0.1, 0.15) is 22.8 Å². The Morgan fingerprint density at radius 3 is 2.59 bits per heavy atom. The third-order valence-electron chi connectivity index (χ3n) is 4.55. The summed E-state index contributed by atoms with van der Waals surface area (Å²) in [5.74, 6) is -0.584. The molecule has 0 unspecified atom stereocenters. The zero-order valence-electron chi connectivity index (χ0n) is 14.6. The highest BCUT2D eigenvalue weighted by molar-refractivity contribution is 5.97. The standard InChI is InChI=1S/C20H17FN4O2/c1-2-24-18-11-14(19(26)22-12-13-3-6-15(21)7-4-13)5-8-16(18)25-17(20(24)27)9-10-23-25/h3-11H,2,12H2,1H3,(H,22,26). The molecule has 4 rings (SSSR count). The van der Waals surface area contributed by atoms with Crippen LogP contribution in [0, 0.1) is 5.82 Å². The Morgan fingerprint density at radius 2 is 1.85 bits per heavy atom. The van der Waals surface area contributed by atoms with E-state index in [0.717, 1.165) is 11.1 Å². The van der Waals surface area contributed by atoms with E-state index in [0.29, 0.717) is 23.1 Å². The molecule has 0 aliphatic heterocycles. The number of hydrogen-bond donors (Lipinski definition) is 1. The fraction of sp³-hybridized carbons (Fsp3) is 0.150. The molecule has 27 heavy (non-hydrogen) atoms. The van der Waals surface area contributed by atoms with Gasteiger partial charge in [-0.25, -0.2) is 8.91 Å². The lowest BCUT2D eigenvalue weighted by Crippen LogP contribution is -2.25. The maximum Gasteiger partial charge on any atom is 0.277 e. The summed E-state index contributed by atoms with van der Waals surface area (Å²) in [6.45, 7) is 2.66. The molecule has 0 fully saturated rings. The summed E-state index contributed by atoms with van der Waals surface area (Å²) >= 11 is 0. The Kier molecular flexibility index (Phi) is 4.19. The molecule has 0 bridgehead atoms. The topological polar surface area (TPSA) is 68.4 Å².